The van der Waals surface area contributed by atoms with Gasteiger partial charge in [-0.25, -0.2) is 13.1 Å². The topological polar surface area (TPSA) is 88.1 Å². The van der Waals surface area contributed by atoms with Gasteiger partial charge in [0.2, 0.25) is 10.0 Å². The highest BCUT2D eigenvalue weighted by Crippen LogP contribution is 2.53. The third-order valence-corrected chi connectivity index (χ3v) is 12.5. The molecule has 7 rings (SSSR count). The number of fused-ring (bicyclic) bond motifs is 2. The number of nitrogens with zero attached hydrogens (tertiary/aromatic N) is 1. The molecule has 264 valence electrons. The molecular formula is C42H50N2O5S. The number of benzene rings is 4. The van der Waals surface area contributed by atoms with Crippen molar-refractivity contribution in [3.05, 3.63) is 125 Å². The maximum Gasteiger partial charge on any atom is 0.240 e. The van der Waals surface area contributed by atoms with Crippen LogP contribution < -0.4 is 4.72 Å². The molecule has 50 heavy (non-hydrogen) atoms. The predicted molar refractivity (Wildman–Crippen MR) is 196 cm³/mol. The van der Waals surface area contributed by atoms with E-state index in [9.17, 15) is 13.5 Å². The van der Waals surface area contributed by atoms with E-state index in [-0.39, 0.29) is 36.2 Å². The van der Waals surface area contributed by atoms with Gasteiger partial charge in [-0.1, -0.05) is 119 Å². The number of sulfonamides is 1. The van der Waals surface area contributed by atoms with Crippen LogP contribution in [0.4, 0.5) is 0 Å². The largest absolute Gasteiger partial charge is 0.392 e. The van der Waals surface area contributed by atoms with Crippen LogP contribution >= 0.6 is 0 Å². The molecule has 8 heteroatoms. The van der Waals surface area contributed by atoms with E-state index in [1.807, 2.05) is 36.4 Å². The van der Waals surface area contributed by atoms with E-state index < -0.39 is 16.3 Å². The summed E-state index contributed by atoms with van der Waals surface area (Å²) in [5, 5.41) is 9.66. The highest BCUT2D eigenvalue weighted by atomic mass is 32.2. The van der Waals surface area contributed by atoms with Gasteiger partial charge < -0.3 is 14.6 Å². The van der Waals surface area contributed by atoms with Crippen LogP contribution in [-0.2, 0) is 32.6 Å². The van der Waals surface area contributed by atoms with Crippen molar-refractivity contribution < 1.29 is 23.0 Å². The average molecular weight is 695 g/mol. The minimum Gasteiger partial charge on any atom is -0.392 e. The first-order valence-electron chi connectivity index (χ1n) is 17.9. The maximum atomic E-state index is 12.9. The Kier molecular flexibility index (Phi) is 9.80. The van der Waals surface area contributed by atoms with Crippen molar-refractivity contribution in [2.24, 2.45) is 16.7 Å². The van der Waals surface area contributed by atoms with E-state index in [2.05, 4.69) is 73.7 Å². The van der Waals surface area contributed by atoms with Crippen molar-refractivity contribution >= 4 is 10.0 Å². The minimum absolute atomic E-state index is 0.00949. The molecule has 2 heterocycles. The first-order valence-corrected chi connectivity index (χ1v) is 19.4. The summed E-state index contributed by atoms with van der Waals surface area (Å²) in [4.78, 5) is 2.94. The number of ether oxygens (including phenoxy) is 2. The van der Waals surface area contributed by atoms with Crippen molar-refractivity contribution in [1.82, 2.24) is 9.62 Å². The third-order valence-electron chi connectivity index (χ3n) is 11.1. The van der Waals surface area contributed by atoms with Crippen molar-refractivity contribution in [1.29, 1.82) is 0 Å². The normalized spacial score (nSPS) is 28.1. The molecule has 2 aliphatic heterocycles. The Balaban J connectivity index is 1.12. The smallest absolute Gasteiger partial charge is 0.240 e. The summed E-state index contributed by atoms with van der Waals surface area (Å²) in [5.41, 5.74) is 6.44. The molecule has 0 spiro atoms. The summed E-state index contributed by atoms with van der Waals surface area (Å²) >= 11 is 0. The fraction of sp³-hybridized carbons (Fsp3) is 0.429. The zero-order valence-electron chi connectivity index (χ0n) is 29.6. The van der Waals surface area contributed by atoms with E-state index in [0.717, 1.165) is 46.5 Å². The van der Waals surface area contributed by atoms with Gasteiger partial charge in [0.15, 0.2) is 6.29 Å². The van der Waals surface area contributed by atoms with E-state index in [1.165, 1.54) is 19.3 Å². The second kappa shape index (κ2) is 14.0. The molecule has 3 fully saturated rings. The number of hydrogen-bond acceptors (Lipinski definition) is 6. The maximum absolute atomic E-state index is 12.9. The van der Waals surface area contributed by atoms with Crippen molar-refractivity contribution in [3.63, 3.8) is 0 Å². The summed E-state index contributed by atoms with van der Waals surface area (Å²) in [7, 11) is -3.64. The molecular weight excluding hydrogens is 645 g/mol. The van der Waals surface area contributed by atoms with E-state index in [4.69, 9.17) is 9.47 Å². The zero-order valence-corrected chi connectivity index (χ0v) is 30.4. The number of aliphatic hydroxyl groups is 1. The molecule has 3 aliphatic rings. The predicted octanol–water partition coefficient (Wildman–Crippen LogP) is 8.02. The summed E-state index contributed by atoms with van der Waals surface area (Å²) in [6.45, 7) is 11.7. The Morgan fingerprint density at radius 2 is 1.52 bits per heavy atom. The van der Waals surface area contributed by atoms with Crippen LogP contribution in [0.25, 0.3) is 11.1 Å². The number of likely N-dealkylation sites (tertiary alicyclic amines) is 1. The van der Waals surface area contributed by atoms with E-state index >= 15 is 0 Å². The Labute approximate surface area is 297 Å². The summed E-state index contributed by atoms with van der Waals surface area (Å²) in [6.07, 6.45) is 2.98. The molecule has 1 aliphatic carbocycles. The minimum atomic E-state index is -3.64. The third kappa shape index (κ3) is 7.47. The lowest BCUT2D eigenvalue weighted by atomic mass is 9.65. The Hall–Kier alpha value is -3.37. The van der Waals surface area contributed by atoms with Gasteiger partial charge in [0.05, 0.1) is 23.7 Å². The van der Waals surface area contributed by atoms with Crippen LogP contribution in [0.1, 0.15) is 81.6 Å². The standard InChI is InChI=1S/C42H50N2O5S/c1-29-38(25-44-28-42(4)23-35(44)22-41(2,3)27-42)48-40(49-39(29)32-16-14-30(26-45)15-17-32)33-20-18-31(19-21-33)37-13-9-8-10-34(37)24-43-50(46,47)36-11-6-5-7-12-36/h5-21,29,35,38-40,43,45H,22-28H2,1-4H3/t29-,35?,38+,39+,40+,42?/m1/s1. The molecule has 6 atom stereocenters. The van der Waals surface area contributed by atoms with E-state index in [0.29, 0.717) is 16.9 Å². The molecule has 1 saturated carbocycles. The lowest BCUT2D eigenvalue weighted by Gasteiger charge is -2.43. The molecule has 2 bridgehead atoms. The van der Waals surface area contributed by atoms with Gasteiger partial charge in [0.1, 0.15) is 0 Å². The van der Waals surface area contributed by atoms with Crippen LogP contribution in [0.15, 0.2) is 108 Å². The summed E-state index contributed by atoms with van der Waals surface area (Å²) < 4.78 is 42.3. The quantitative estimate of drug-likeness (QED) is 0.175. The fourth-order valence-electron chi connectivity index (χ4n) is 8.98. The second-order valence-corrected chi connectivity index (χ2v) is 17.6. The number of rotatable bonds is 10. The van der Waals surface area contributed by atoms with Crippen LogP contribution in [0.5, 0.6) is 0 Å². The van der Waals surface area contributed by atoms with Gasteiger partial charge in [-0.2, -0.15) is 0 Å². The second-order valence-electron chi connectivity index (χ2n) is 15.9. The highest BCUT2D eigenvalue weighted by molar-refractivity contribution is 7.89. The average Bonchev–Trinajstić information content (AvgIpc) is 3.35. The molecule has 2 unspecified atom stereocenters. The molecule has 4 aromatic rings. The molecule has 0 aromatic heterocycles. The first-order chi connectivity index (χ1) is 23.9. The lowest BCUT2D eigenvalue weighted by molar-refractivity contribution is -0.276. The Bertz CT molecular complexity index is 1880. The van der Waals surface area contributed by atoms with Crippen molar-refractivity contribution in [3.8, 4) is 11.1 Å². The number of aliphatic hydroxyl groups excluding tert-OH is 1. The Morgan fingerprint density at radius 1 is 0.840 bits per heavy atom. The number of nitrogens with one attached hydrogen (secondary N) is 1. The van der Waals surface area contributed by atoms with Gasteiger partial charge in [0.25, 0.3) is 0 Å². The SMILES string of the molecule is C[C@@H]1[C@H](CN2CC3(C)CC2CC(C)(C)C3)O[C@H](c2ccc(-c3ccccc3CNS(=O)(=O)c3ccccc3)cc2)O[C@@H]1c1ccc(CO)cc1. The number of hydrogen-bond donors (Lipinski definition) is 2. The van der Waals surface area contributed by atoms with Gasteiger partial charge in [-0.15, -0.1) is 0 Å². The van der Waals surface area contributed by atoms with Gasteiger partial charge >= 0.3 is 0 Å². The molecule has 4 aromatic carbocycles. The van der Waals surface area contributed by atoms with Crippen molar-refractivity contribution in [2.75, 3.05) is 13.1 Å². The molecule has 7 nitrogen and oxygen atoms in total. The van der Waals surface area contributed by atoms with Crippen LogP contribution in [0.3, 0.4) is 0 Å². The monoisotopic (exact) mass is 694 g/mol. The highest BCUT2D eigenvalue weighted by Gasteiger charge is 2.51. The van der Waals surface area contributed by atoms with E-state index in [1.54, 1.807) is 30.3 Å². The van der Waals surface area contributed by atoms with Crippen LogP contribution in [-0.4, -0.2) is 43.7 Å². The first kappa shape index (κ1) is 35.1. The van der Waals surface area contributed by atoms with Gasteiger partial charge in [-0.3, -0.25) is 4.90 Å². The summed E-state index contributed by atoms with van der Waals surface area (Å²) in [5.74, 6) is 0.123. The molecule has 2 N–H and O–H groups in total. The van der Waals surface area contributed by atoms with Crippen LogP contribution in [0.2, 0.25) is 0 Å². The summed E-state index contributed by atoms with van der Waals surface area (Å²) in [6, 6.07) is 33.3. The molecule has 0 amide bonds. The lowest BCUT2D eigenvalue weighted by Crippen LogP contribution is -2.46. The Morgan fingerprint density at radius 3 is 2.24 bits per heavy atom. The molecule has 0 radical (unpaired) electrons. The van der Waals surface area contributed by atoms with Gasteiger partial charge in [0, 0.05) is 37.2 Å². The molecule has 2 saturated heterocycles. The van der Waals surface area contributed by atoms with Crippen LogP contribution in [0, 0.1) is 16.7 Å². The van der Waals surface area contributed by atoms with Gasteiger partial charge in [-0.05, 0) is 70.0 Å². The fourth-order valence-corrected chi connectivity index (χ4v) is 10.0. The zero-order chi connectivity index (χ0) is 35.1. The van der Waals surface area contributed by atoms with Crippen molar-refractivity contribution in [2.45, 2.75) is 89.5 Å².